The van der Waals surface area contributed by atoms with Crippen molar-refractivity contribution >= 4 is 28.8 Å². The lowest BCUT2D eigenvalue weighted by atomic mass is 9.88. The molecular formula is C21H24N2O3S. The number of carbonyl (C=O) groups is 2. The molecule has 2 amide bonds. The molecular weight excluding hydrogens is 360 g/mol. The number of anilines is 1. The average molecular weight is 385 g/mol. The van der Waals surface area contributed by atoms with Gasteiger partial charge in [-0.25, -0.2) is 0 Å². The number of nitrogens with zero attached hydrogens (tertiary/aromatic N) is 1. The van der Waals surface area contributed by atoms with Crippen LogP contribution in [0.2, 0.25) is 0 Å². The average Bonchev–Trinajstić information content (AvgIpc) is 3.12. The number of ether oxygens (including phenoxy) is 1. The predicted octanol–water partition coefficient (Wildman–Crippen LogP) is 3.60. The Hall–Kier alpha value is -2.18. The molecule has 1 aliphatic carbocycles. The van der Waals surface area contributed by atoms with Gasteiger partial charge in [0.2, 0.25) is 0 Å². The highest BCUT2D eigenvalue weighted by molar-refractivity contribution is 7.10. The van der Waals surface area contributed by atoms with Crippen molar-refractivity contribution in [3.8, 4) is 0 Å². The fourth-order valence-electron chi connectivity index (χ4n) is 3.71. The van der Waals surface area contributed by atoms with Gasteiger partial charge in [-0.15, -0.1) is 11.3 Å². The number of fused-ring (bicyclic) bond motifs is 1. The van der Waals surface area contributed by atoms with E-state index in [9.17, 15) is 9.59 Å². The monoisotopic (exact) mass is 384 g/mol. The van der Waals surface area contributed by atoms with Crippen molar-refractivity contribution in [3.63, 3.8) is 0 Å². The van der Waals surface area contributed by atoms with Crippen molar-refractivity contribution < 1.29 is 14.3 Å². The Kier molecular flexibility index (Phi) is 5.27. The van der Waals surface area contributed by atoms with E-state index in [0.29, 0.717) is 43.5 Å². The van der Waals surface area contributed by atoms with Gasteiger partial charge in [-0.2, -0.15) is 0 Å². The molecule has 2 aromatic rings. The van der Waals surface area contributed by atoms with E-state index in [1.54, 1.807) is 40.5 Å². The van der Waals surface area contributed by atoms with Crippen LogP contribution in [0.4, 0.5) is 5.69 Å². The maximum absolute atomic E-state index is 12.7. The molecule has 142 valence electrons. The fraction of sp³-hybridized carbons (Fsp3) is 0.429. The summed E-state index contributed by atoms with van der Waals surface area (Å²) in [6.07, 6.45) is 3.20. The van der Waals surface area contributed by atoms with E-state index >= 15 is 0 Å². The zero-order valence-electron chi connectivity index (χ0n) is 15.5. The molecule has 1 unspecified atom stereocenters. The van der Waals surface area contributed by atoms with Gasteiger partial charge in [-0.05, 0) is 55.0 Å². The molecule has 5 nitrogen and oxygen atoms in total. The first-order valence-corrected chi connectivity index (χ1v) is 10.4. The third-order valence-corrected chi connectivity index (χ3v) is 6.39. The Morgan fingerprint density at radius 1 is 1.19 bits per heavy atom. The lowest BCUT2D eigenvalue weighted by Gasteiger charge is -2.26. The summed E-state index contributed by atoms with van der Waals surface area (Å²) in [7, 11) is 0. The largest absolute Gasteiger partial charge is 0.378 e. The van der Waals surface area contributed by atoms with E-state index < -0.39 is 0 Å². The number of thiophene rings is 1. The summed E-state index contributed by atoms with van der Waals surface area (Å²) in [5, 5.41) is 4.95. The van der Waals surface area contributed by atoms with Crippen LogP contribution in [0.15, 0.2) is 29.6 Å². The SMILES string of the molecule is CC1CCc2c(C(=O)Nc3ccc(C(=O)N4CCOCC4)cc3)csc2C1. The molecule has 0 bridgehead atoms. The summed E-state index contributed by atoms with van der Waals surface area (Å²) in [6.45, 7) is 4.69. The van der Waals surface area contributed by atoms with Crippen LogP contribution in [0.3, 0.4) is 0 Å². The minimum Gasteiger partial charge on any atom is -0.378 e. The quantitative estimate of drug-likeness (QED) is 0.880. The Balaban J connectivity index is 1.43. The van der Waals surface area contributed by atoms with E-state index in [-0.39, 0.29) is 11.8 Å². The zero-order valence-corrected chi connectivity index (χ0v) is 16.3. The van der Waals surface area contributed by atoms with Gasteiger partial charge >= 0.3 is 0 Å². The fourth-order valence-corrected chi connectivity index (χ4v) is 4.96. The third kappa shape index (κ3) is 3.92. The van der Waals surface area contributed by atoms with Crippen LogP contribution >= 0.6 is 11.3 Å². The van der Waals surface area contributed by atoms with Gasteiger partial charge < -0.3 is 15.0 Å². The lowest BCUT2D eigenvalue weighted by molar-refractivity contribution is 0.0303. The minimum atomic E-state index is -0.0608. The number of amides is 2. The molecule has 1 saturated heterocycles. The molecule has 4 rings (SSSR count). The van der Waals surface area contributed by atoms with E-state index in [1.807, 2.05) is 5.38 Å². The zero-order chi connectivity index (χ0) is 18.8. The minimum absolute atomic E-state index is 0.0113. The second-order valence-corrected chi connectivity index (χ2v) is 8.30. The van der Waals surface area contributed by atoms with Crippen LogP contribution < -0.4 is 5.32 Å². The summed E-state index contributed by atoms with van der Waals surface area (Å²) < 4.78 is 5.29. The molecule has 1 aromatic carbocycles. The van der Waals surface area contributed by atoms with Crippen molar-refractivity contribution in [2.45, 2.75) is 26.2 Å². The molecule has 1 aromatic heterocycles. The number of hydrogen-bond donors (Lipinski definition) is 1. The number of benzene rings is 1. The molecule has 6 heteroatoms. The van der Waals surface area contributed by atoms with Gasteiger partial charge in [-0.1, -0.05) is 6.92 Å². The Bertz CT molecular complexity index is 838. The molecule has 27 heavy (non-hydrogen) atoms. The molecule has 0 saturated carbocycles. The van der Waals surface area contributed by atoms with Crippen molar-refractivity contribution in [2.24, 2.45) is 5.92 Å². The Morgan fingerprint density at radius 3 is 2.67 bits per heavy atom. The first-order valence-electron chi connectivity index (χ1n) is 9.49. The summed E-state index contributed by atoms with van der Waals surface area (Å²) >= 11 is 1.70. The van der Waals surface area contributed by atoms with E-state index in [0.717, 1.165) is 24.8 Å². The second-order valence-electron chi connectivity index (χ2n) is 7.34. The van der Waals surface area contributed by atoms with Crippen LogP contribution in [0.25, 0.3) is 0 Å². The maximum atomic E-state index is 12.7. The van der Waals surface area contributed by atoms with Crippen molar-refractivity contribution in [1.29, 1.82) is 0 Å². The first-order chi connectivity index (χ1) is 13.1. The lowest BCUT2D eigenvalue weighted by Crippen LogP contribution is -2.40. The molecule has 1 N–H and O–H groups in total. The number of nitrogens with one attached hydrogen (secondary N) is 1. The first kappa shape index (κ1) is 18.2. The van der Waals surface area contributed by atoms with Crippen LogP contribution in [0, 0.1) is 5.92 Å². The second kappa shape index (κ2) is 7.82. The van der Waals surface area contributed by atoms with Crippen molar-refractivity contribution in [3.05, 3.63) is 51.2 Å². The van der Waals surface area contributed by atoms with E-state index in [2.05, 4.69) is 12.2 Å². The van der Waals surface area contributed by atoms with E-state index in [1.165, 1.54) is 10.4 Å². The molecule has 1 atom stereocenters. The topological polar surface area (TPSA) is 58.6 Å². The van der Waals surface area contributed by atoms with Crippen LogP contribution in [-0.2, 0) is 17.6 Å². The normalized spacial score (nSPS) is 19.4. The predicted molar refractivity (Wildman–Crippen MR) is 107 cm³/mol. The highest BCUT2D eigenvalue weighted by Crippen LogP contribution is 2.33. The van der Waals surface area contributed by atoms with Gasteiger partial charge in [0.05, 0.1) is 18.8 Å². The van der Waals surface area contributed by atoms with Gasteiger partial charge in [0.25, 0.3) is 11.8 Å². The molecule has 2 heterocycles. The number of morpholine rings is 1. The highest BCUT2D eigenvalue weighted by Gasteiger charge is 2.23. The van der Waals surface area contributed by atoms with Crippen molar-refractivity contribution in [1.82, 2.24) is 4.90 Å². The third-order valence-electron chi connectivity index (χ3n) is 5.33. The number of rotatable bonds is 3. The van der Waals surface area contributed by atoms with Crippen LogP contribution in [0.5, 0.6) is 0 Å². The molecule has 1 aliphatic heterocycles. The standard InChI is InChI=1S/C21H24N2O3S/c1-14-2-7-17-18(13-27-19(17)12-14)20(24)22-16-5-3-15(4-6-16)21(25)23-8-10-26-11-9-23/h3-6,13-14H,2,7-12H2,1H3,(H,22,24). The summed E-state index contributed by atoms with van der Waals surface area (Å²) in [6, 6.07) is 7.15. The van der Waals surface area contributed by atoms with Crippen LogP contribution in [0.1, 0.15) is 44.5 Å². The van der Waals surface area contributed by atoms with Crippen LogP contribution in [-0.4, -0.2) is 43.0 Å². The molecule has 2 aliphatic rings. The molecule has 1 fully saturated rings. The maximum Gasteiger partial charge on any atom is 0.256 e. The Labute approximate surface area is 163 Å². The summed E-state index contributed by atoms with van der Waals surface area (Å²) in [4.78, 5) is 28.3. The van der Waals surface area contributed by atoms with Gasteiger partial charge in [-0.3, -0.25) is 9.59 Å². The summed E-state index contributed by atoms with van der Waals surface area (Å²) in [5.74, 6) is 0.648. The smallest absolute Gasteiger partial charge is 0.256 e. The Morgan fingerprint density at radius 2 is 1.93 bits per heavy atom. The summed E-state index contributed by atoms with van der Waals surface area (Å²) in [5.41, 5.74) is 3.37. The number of hydrogen-bond acceptors (Lipinski definition) is 4. The number of carbonyl (C=O) groups excluding carboxylic acids is 2. The van der Waals surface area contributed by atoms with Gasteiger partial charge in [0, 0.05) is 34.6 Å². The molecule has 0 radical (unpaired) electrons. The van der Waals surface area contributed by atoms with E-state index in [4.69, 9.17) is 4.74 Å². The van der Waals surface area contributed by atoms with Gasteiger partial charge in [0.15, 0.2) is 0 Å². The highest BCUT2D eigenvalue weighted by atomic mass is 32.1. The molecule has 0 spiro atoms. The van der Waals surface area contributed by atoms with Gasteiger partial charge in [0.1, 0.15) is 0 Å². The van der Waals surface area contributed by atoms with Crippen molar-refractivity contribution in [2.75, 3.05) is 31.6 Å².